The van der Waals surface area contributed by atoms with Crippen molar-refractivity contribution in [2.75, 3.05) is 51.9 Å². The van der Waals surface area contributed by atoms with Crippen LogP contribution in [0.1, 0.15) is 24.0 Å². The van der Waals surface area contributed by atoms with E-state index in [2.05, 4.69) is 35.0 Å². The van der Waals surface area contributed by atoms with Gasteiger partial charge in [-0.3, -0.25) is 4.79 Å². The van der Waals surface area contributed by atoms with Crippen molar-refractivity contribution in [3.8, 4) is 23.3 Å². The number of aryl methyl sites for hydroxylation is 1. The Hall–Kier alpha value is -3.70. The van der Waals surface area contributed by atoms with Crippen LogP contribution in [0.3, 0.4) is 0 Å². The topological polar surface area (TPSA) is 80.0 Å². The maximum atomic E-state index is 12.9. The molecule has 2 aliphatic heterocycles. The SMILES string of the molecule is COc1ccc2c(c1)c(CCN1CCC(N(C)c3ccc4c(c3)OCCO4)CC1)c(C#N)c(=O)n2C. The first-order chi connectivity index (χ1) is 17.5. The van der Waals surface area contributed by atoms with Gasteiger partial charge in [-0.05, 0) is 55.2 Å². The highest BCUT2D eigenvalue weighted by atomic mass is 16.6. The Bertz CT molecular complexity index is 1370. The van der Waals surface area contributed by atoms with E-state index in [0.29, 0.717) is 31.4 Å². The van der Waals surface area contributed by atoms with Crippen LogP contribution < -0.4 is 24.7 Å². The summed E-state index contributed by atoms with van der Waals surface area (Å²) in [7, 11) is 5.48. The molecule has 0 amide bonds. The fraction of sp³-hybridized carbons (Fsp3) is 0.429. The second kappa shape index (κ2) is 10.1. The molecule has 8 heteroatoms. The van der Waals surface area contributed by atoms with Crippen molar-refractivity contribution in [1.29, 1.82) is 5.26 Å². The molecule has 5 rings (SSSR count). The summed E-state index contributed by atoms with van der Waals surface area (Å²) in [4.78, 5) is 17.6. The van der Waals surface area contributed by atoms with Crippen molar-refractivity contribution >= 4 is 16.6 Å². The van der Waals surface area contributed by atoms with Gasteiger partial charge in [-0.25, -0.2) is 0 Å². The second-order valence-corrected chi connectivity index (χ2v) is 9.47. The van der Waals surface area contributed by atoms with E-state index in [4.69, 9.17) is 14.2 Å². The molecular formula is C28H32N4O4. The number of anilines is 1. The minimum Gasteiger partial charge on any atom is -0.497 e. The lowest BCUT2D eigenvalue weighted by Gasteiger charge is -2.38. The molecule has 0 atom stereocenters. The highest BCUT2D eigenvalue weighted by Gasteiger charge is 2.25. The first-order valence-electron chi connectivity index (χ1n) is 12.4. The molecule has 0 aliphatic carbocycles. The van der Waals surface area contributed by atoms with Crippen LogP contribution >= 0.6 is 0 Å². The van der Waals surface area contributed by atoms with Gasteiger partial charge in [-0.1, -0.05) is 0 Å². The van der Waals surface area contributed by atoms with Crippen LogP contribution in [0.2, 0.25) is 0 Å². The molecule has 1 saturated heterocycles. The highest BCUT2D eigenvalue weighted by molar-refractivity contribution is 5.86. The smallest absolute Gasteiger partial charge is 0.268 e. The van der Waals surface area contributed by atoms with Crippen LogP contribution in [0, 0.1) is 11.3 Å². The van der Waals surface area contributed by atoms with Crippen LogP contribution in [0.25, 0.3) is 10.9 Å². The van der Waals surface area contributed by atoms with Gasteiger partial charge in [0.05, 0.1) is 12.6 Å². The summed E-state index contributed by atoms with van der Waals surface area (Å²) in [5, 5.41) is 10.7. The monoisotopic (exact) mass is 488 g/mol. The third-order valence-electron chi connectivity index (χ3n) is 7.54. The van der Waals surface area contributed by atoms with Crippen molar-refractivity contribution in [2.24, 2.45) is 7.05 Å². The zero-order valence-corrected chi connectivity index (χ0v) is 21.1. The number of pyridine rings is 1. The van der Waals surface area contributed by atoms with E-state index in [-0.39, 0.29) is 11.1 Å². The van der Waals surface area contributed by atoms with Crippen LogP contribution in [-0.2, 0) is 13.5 Å². The first-order valence-corrected chi connectivity index (χ1v) is 12.4. The van der Waals surface area contributed by atoms with Crippen LogP contribution in [0.15, 0.2) is 41.2 Å². The lowest BCUT2D eigenvalue weighted by molar-refractivity contribution is 0.171. The third kappa shape index (κ3) is 4.47. The number of benzene rings is 2. The number of rotatable bonds is 6. The summed E-state index contributed by atoms with van der Waals surface area (Å²) in [6, 6.07) is 14.4. The highest BCUT2D eigenvalue weighted by Crippen LogP contribution is 2.35. The average Bonchev–Trinajstić information content (AvgIpc) is 2.93. The van der Waals surface area contributed by atoms with Gasteiger partial charge in [0.15, 0.2) is 11.5 Å². The lowest BCUT2D eigenvalue weighted by atomic mass is 9.98. The maximum Gasteiger partial charge on any atom is 0.268 e. The van der Waals surface area contributed by atoms with E-state index < -0.39 is 0 Å². The van der Waals surface area contributed by atoms with Crippen LogP contribution in [0.5, 0.6) is 17.2 Å². The van der Waals surface area contributed by atoms with Crippen molar-refractivity contribution < 1.29 is 14.2 Å². The van der Waals surface area contributed by atoms with Gasteiger partial charge in [-0.2, -0.15) is 5.26 Å². The van der Waals surface area contributed by atoms with Crippen molar-refractivity contribution in [3.05, 3.63) is 57.9 Å². The number of aromatic nitrogens is 1. The van der Waals surface area contributed by atoms with Gasteiger partial charge in [0.1, 0.15) is 30.6 Å². The molecule has 0 radical (unpaired) electrons. The lowest BCUT2D eigenvalue weighted by Crippen LogP contribution is -2.44. The fourth-order valence-corrected chi connectivity index (χ4v) is 5.35. The van der Waals surface area contributed by atoms with Crippen LogP contribution in [-0.4, -0.2) is 62.5 Å². The third-order valence-corrected chi connectivity index (χ3v) is 7.54. The molecule has 0 bridgehead atoms. The van der Waals surface area contributed by atoms with Crippen molar-refractivity contribution in [1.82, 2.24) is 9.47 Å². The minimum absolute atomic E-state index is 0.228. The number of nitriles is 1. The predicted molar refractivity (Wildman–Crippen MR) is 139 cm³/mol. The van der Waals surface area contributed by atoms with E-state index in [1.165, 1.54) is 0 Å². The van der Waals surface area contributed by atoms with Gasteiger partial charge in [0.25, 0.3) is 5.56 Å². The van der Waals surface area contributed by atoms with E-state index >= 15 is 0 Å². The van der Waals surface area contributed by atoms with E-state index in [1.54, 1.807) is 18.7 Å². The number of nitrogens with zero attached hydrogens (tertiary/aromatic N) is 4. The summed E-state index contributed by atoms with van der Waals surface area (Å²) < 4.78 is 18.4. The van der Waals surface area contributed by atoms with Crippen molar-refractivity contribution in [2.45, 2.75) is 25.3 Å². The van der Waals surface area contributed by atoms with E-state index in [9.17, 15) is 10.1 Å². The van der Waals surface area contributed by atoms with Gasteiger partial charge in [0.2, 0.25) is 0 Å². The quantitative estimate of drug-likeness (QED) is 0.527. The predicted octanol–water partition coefficient (Wildman–Crippen LogP) is 3.33. The zero-order chi connectivity index (χ0) is 25.2. The second-order valence-electron chi connectivity index (χ2n) is 9.47. The Kier molecular flexibility index (Phi) is 6.75. The molecule has 1 aromatic heterocycles. The Balaban J connectivity index is 1.27. The van der Waals surface area contributed by atoms with Gasteiger partial charge in [0, 0.05) is 56.9 Å². The standard InChI is InChI=1S/C28H32N4O4/c1-30(20-4-7-26-27(16-20)36-15-14-35-26)19-8-11-32(12-9-19)13-10-22-23-17-21(34-3)5-6-25(23)31(2)28(33)24(22)18-29/h4-7,16-17,19H,8-15H2,1-3H3. The largest absolute Gasteiger partial charge is 0.497 e. The molecule has 188 valence electrons. The molecule has 1 fully saturated rings. The molecule has 2 aromatic carbocycles. The number of piperidine rings is 1. The summed E-state index contributed by atoms with van der Waals surface area (Å²) in [5.41, 5.74) is 2.74. The number of methoxy groups -OCH3 is 1. The van der Waals surface area contributed by atoms with Gasteiger partial charge in [-0.15, -0.1) is 0 Å². The number of hydrogen-bond acceptors (Lipinski definition) is 7. The van der Waals surface area contributed by atoms with Crippen LogP contribution in [0.4, 0.5) is 5.69 Å². The maximum absolute atomic E-state index is 12.9. The normalized spacial score (nSPS) is 16.1. The molecule has 3 heterocycles. The Labute approximate surface area is 211 Å². The first kappa shape index (κ1) is 24.0. The molecule has 0 saturated carbocycles. The summed E-state index contributed by atoms with van der Waals surface area (Å²) in [6.07, 6.45) is 2.73. The zero-order valence-electron chi connectivity index (χ0n) is 21.1. The number of hydrogen-bond donors (Lipinski definition) is 0. The fourth-order valence-electron chi connectivity index (χ4n) is 5.35. The Morgan fingerprint density at radius 3 is 2.58 bits per heavy atom. The molecule has 0 spiro atoms. The number of fused-ring (bicyclic) bond motifs is 2. The van der Waals surface area contributed by atoms with E-state index in [1.807, 2.05) is 24.3 Å². The Morgan fingerprint density at radius 1 is 1.11 bits per heavy atom. The average molecular weight is 489 g/mol. The molecule has 8 nitrogen and oxygen atoms in total. The Morgan fingerprint density at radius 2 is 1.86 bits per heavy atom. The van der Waals surface area contributed by atoms with Crippen molar-refractivity contribution in [3.63, 3.8) is 0 Å². The van der Waals surface area contributed by atoms with Gasteiger partial charge >= 0.3 is 0 Å². The summed E-state index contributed by atoms with van der Waals surface area (Å²) >= 11 is 0. The summed E-state index contributed by atoms with van der Waals surface area (Å²) in [6.45, 7) is 3.91. The molecule has 0 N–H and O–H groups in total. The molecule has 2 aliphatic rings. The number of likely N-dealkylation sites (tertiary alicyclic amines) is 1. The molecule has 0 unspecified atom stereocenters. The number of ether oxygens (including phenoxy) is 3. The minimum atomic E-state index is -0.245. The molecule has 36 heavy (non-hydrogen) atoms. The molecular weight excluding hydrogens is 456 g/mol. The summed E-state index contributed by atoms with van der Waals surface area (Å²) in [5.74, 6) is 2.34. The molecule has 3 aromatic rings. The van der Waals surface area contributed by atoms with Gasteiger partial charge < -0.3 is 28.6 Å². The van der Waals surface area contributed by atoms with E-state index in [0.717, 1.165) is 66.1 Å².